The van der Waals surface area contributed by atoms with Gasteiger partial charge < -0.3 is 4.57 Å². The Morgan fingerprint density at radius 1 is 0.214 bits per heavy atom. The lowest BCUT2D eigenvalue weighted by Gasteiger charge is -2.11. The molecule has 0 aliphatic heterocycles. The molecule has 0 spiro atoms. The van der Waals surface area contributed by atoms with Gasteiger partial charge in [-0.05, 0) is 87.3 Å². The molecular formula is C103H62N12S2. The molecule has 0 saturated carbocycles. The monoisotopic (exact) mass is 1530 g/mol. The smallest absolute Gasteiger partial charge is 0.182 e. The van der Waals surface area contributed by atoms with E-state index in [2.05, 4.69) is 271 Å². The van der Waals surface area contributed by atoms with Crippen LogP contribution in [0.3, 0.4) is 0 Å². The number of aromatic nitrogens is 12. The van der Waals surface area contributed by atoms with Gasteiger partial charge in [0.05, 0.1) is 54.2 Å². The van der Waals surface area contributed by atoms with Crippen molar-refractivity contribution in [3.05, 3.63) is 376 Å². The molecule has 0 N–H and O–H groups in total. The van der Waals surface area contributed by atoms with Crippen molar-refractivity contribution in [2.75, 3.05) is 0 Å². The molecule has 0 bridgehead atoms. The lowest BCUT2D eigenvalue weighted by atomic mass is 9.97. The first-order valence-corrected chi connectivity index (χ1v) is 40.3. The Labute approximate surface area is 678 Å². The summed E-state index contributed by atoms with van der Waals surface area (Å²) in [4.78, 5) is 55.7. The van der Waals surface area contributed by atoms with Crippen molar-refractivity contribution in [3.63, 3.8) is 0 Å². The first-order valence-electron chi connectivity index (χ1n) is 38.7. The highest BCUT2D eigenvalue weighted by Crippen LogP contribution is 2.45. The number of hydrogen-bond acceptors (Lipinski definition) is 13. The molecule has 14 heteroatoms. The maximum Gasteiger partial charge on any atom is 0.182 e. The molecule has 12 nitrogen and oxygen atoms in total. The van der Waals surface area contributed by atoms with Gasteiger partial charge in [-0.3, -0.25) is 9.97 Å². The maximum atomic E-state index is 5.39. The van der Waals surface area contributed by atoms with Gasteiger partial charge in [-0.25, -0.2) is 44.9 Å². The van der Waals surface area contributed by atoms with Crippen molar-refractivity contribution >= 4 is 117 Å². The Balaban J connectivity index is 0.000000144. The van der Waals surface area contributed by atoms with Crippen LogP contribution in [-0.4, -0.2) is 59.4 Å². The van der Waals surface area contributed by atoms with Gasteiger partial charge >= 0.3 is 0 Å². The average Bonchev–Trinajstić information content (AvgIpc) is 1.59. The van der Waals surface area contributed by atoms with Crippen LogP contribution in [0.4, 0.5) is 0 Å². The first kappa shape index (κ1) is 68.5. The van der Waals surface area contributed by atoms with E-state index in [0.717, 1.165) is 137 Å². The fourth-order valence-corrected chi connectivity index (χ4v) is 18.2. The third-order valence-electron chi connectivity index (χ3n) is 21.7. The van der Waals surface area contributed by atoms with Gasteiger partial charge in [0.2, 0.25) is 0 Å². The summed E-state index contributed by atoms with van der Waals surface area (Å²) in [5, 5.41) is 11.3. The third-order valence-corrected chi connectivity index (χ3v) is 24.0. The fourth-order valence-electron chi connectivity index (χ4n) is 15.9. The molecule has 0 amide bonds. The molecule has 0 atom stereocenters. The van der Waals surface area contributed by atoms with E-state index < -0.39 is 0 Å². The molecule has 0 aliphatic carbocycles. The van der Waals surface area contributed by atoms with Crippen molar-refractivity contribution in [1.29, 1.82) is 0 Å². The number of nitrogens with zero attached hydrogens (tertiary/aromatic N) is 12. The van der Waals surface area contributed by atoms with Crippen molar-refractivity contribution < 1.29 is 0 Å². The molecule has 0 saturated heterocycles. The summed E-state index contributed by atoms with van der Waals surface area (Å²) in [5.41, 5.74) is 20.3. The van der Waals surface area contributed by atoms with Crippen LogP contribution in [0.2, 0.25) is 0 Å². The van der Waals surface area contributed by atoms with Gasteiger partial charge in [-0.1, -0.05) is 309 Å². The number of benzene rings is 14. The summed E-state index contributed by atoms with van der Waals surface area (Å²) in [6.45, 7) is 0. The van der Waals surface area contributed by atoms with Crippen LogP contribution < -0.4 is 0 Å². The minimum absolute atomic E-state index is 0.468. The zero-order chi connectivity index (χ0) is 77.3. The molecule has 0 unspecified atom stereocenters. The lowest BCUT2D eigenvalue weighted by Crippen LogP contribution is -2.02. The molecule has 0 fully saturated rings. The molecule has 0 radical (unpaired) electrons. The number of rotatable bonds is 12. The number of fused-ring (bicyclic) bond motifs is 12. The van der Waals surface area contributed by atoms with E-state index in [1.807, 2.05) is 109 Å². The summed E-state index contributed by atoms with van der Waals surface area (Å²) in [6, 6.07) is 126. The van der Waals surface area contributed by atoms with Crippen LogP contribution in [0.15, 0.2) is 376 Å². The predicted octanol–water partition coefficient (Wildman–Crippen LogP) is 26.3. The van der Waals surface area contributed by atoms with E-state index in [9.17, 15) is 0 Å². The highest BCUT2D eigenvalue weighted by atomic mass is 32.1. The molecule has 14 aromatic carbocycles. The predicted molar refractivity (Wildman–Crippen MR) is 481 cm³/mol. The Kier molecular flexibility index (Phi) is 17.0. The van der Waals surface area contributed by atoms with Crippen LogP contribution >= 0.6 is 22.7 Å². The van der Waals surface area contributed by atoms with E-state index in [-0.39, 0.29) is 0 Å². The number of para-hydroxylation sites is 2. The van der Waals surface area contributed by atoms with Crippen molar-refractivity contribution in [2.45, 2.75) is 0 Å². The molecule has 546 valence electrons. The largest absolute Gasteiger partial charge is 0.309 e. The van der Waals surface area contributed by atoms with Crippen molar-refractivity contribution in [1.82, 2.24) is 59.4 Å². The normalized spacial score (nSPS) is 11.6. The lowest BCUT2D eigenvalue weighted by molar-refractivity contribution is 1.05. The maximum absolute atomic E-state index is 5.39. The number of thiophene rings is 2. The second-order valence-corrected chi connectivity index (χ2v) is 31.0. The van der Waals surface area contributed by atoms with Gasteiger partial charge in [0.1, 0.15) is 11.4 Å². The zero-order valence-electron chi connectivity index (χ0n) is 62.5. The Morgan fingerprint density at radius 3 is 1.15 bits per heavy atom. The van der Waals surface area contributed by atoms with Gasteiger partial charge in [-0.2, -0.15) is 0 Å². The highest BCUT2D eigenvalue weighted by molar-refractivity contribution is 7.26. The Bertz CT molecular complexity index is 7650. The van der Waals surface area contributed by atoms with Gasteiger partial charge in [-0.15, -0.1) is 22.7 Å². The fraction of sp³-hybridized carbons (Fsp3) is 0. The summed E-state index contributed by atoms with van der Waals surface area (Å²) in [7, 11) is 0. The second kappa shape index (κ2) is 29.0. The van der Waals surface area contributed by atoms with E-state index in [1.54, 1.807) is 22.7 Å². The van der Waals surface area contributed by atoms with Crippen LogP contribution in [0.5, 0.6) is 0 Å². The summed E-state index contributed by atoms with van der Waals surface area (Å²) >= 11 is 3.48. The summed E-state index contributed by atoms with van der Waals surface area (Å²) in [6.07, 6.45) is 3.72. The molecule has 117 heavy (non-hydrogen) atoms. The van der Waals surface area contributed by atoms with Gasteiger partial charge in [0, 0.05) is 104 Å². The highest BCUT2D eigenvalue weighted by Gasteiger charge is 2.23. The minimum Gasteiger partial charge on any atom is -0.309 e. The van der Waals surface area contributed by atoms with Crippen LogP contribution in [-0.2, 0) is 0 Å². The topological polar surface area (TPSA) is 147 Å². The van der Waals surface area contributed by atoms with Crippen LogP contribution in [0.1, 0.15) is 0 Å². The molecule has 23 aromatic rings. The molecule has 9 aromatic heterocycles. The zero-order valence-corrected chi connectivity index (χ0v) is 64.1. The minimum atomic E-state index is 0.468. The van der Waals surface area contributed by atoms with Crippen molar-refractivity contribution in [3.8, 4) is 130 Å². The molecular weight excluding hydrogens is 1470 g/mol. The number of pyridine rings is 2. The van der Waals surface area contributed by atoms with Crippen LogP contribution in [0, 0.1) is 0 Å². The number of hydrogen-bond donors (Lipinski definition) is 0. The molecule has 9 heterocycles. The van der Waals surface area contributed by atoms with E-state index in [0.29, 0.717) is 46.3 Å². The first-order chi connectivity index (χ1) is 57.9. The van der Waals surface area contributed by atoms with E-state index >= 15 is 0 Å². The van der Waals surface area contributed by atoms with Crippen LogP contribution in [0.25, 0.3) is 225 Å². The Morgan fingerprint density at radius 2 is 0.607 bits per heavy atom. The van der Waals surface area contributed by atoms with E-state index in [4.69, 9.17) is 54.8 Å². The summed E-state index contributed by atoms with van der Waals surface area (Å²) in [5.74, 6) is 3.44. The standard InChI is InChI=1S/C55H32N8S.C48H30N4S/c1-2-16-40(17-3-1)63-46-20-10-8-18-41(46)42-27-26-37(30-47(42)63)49-51-50(43-19-9-11-21-48(43)64-51)59-52(58-49)33-22-24-34(25-23-33)53-60-54(44-28-35-12-4-6-14-38(35)31-56-44)62-55(61-53)45-29-36-13-5-7-15-39(36)32-57-45;1-3-13-33(14-4-1)41-30-42(34-15-5-2-6-16-34)50-47(49-41)36-26-28-37(29-27-36)48-51-44(46-45(52-48)40-19-9-10-21-43(40)53-46)35-24-22-32(23-25-35)39-20-11-17-31-12-7-8-18-38(31)39/h1-32H;1-30H. The molecule has 23 rings (SSSR count). The summed E-state index contributed by atoms with van der Waals surface area (Å²) < 4.78 is 6.86. The van der Waals surface area contributed by atoms with Crippen molar-refractivity contribution in [2.24, 2.45) is 0 Å². The SMILES string of the molecule is c1ccc(-c2cc(-c3ccccc3)nc(-c3ccc(-c4nc(-c5ccc(-c6cccc7ccccc67)cc5)c5sc6ccccc6c5n4)cc3)n2)cc1.c1ccc(-n2c3ccccc3c3ccc(-c4nc(-c5ccc(-c6nc(-c7cc8ccccc8cn7)nc(-c7cc8ccccc8cn7)n6)cc5)nc5c4sc4ccccc45)cc32)cc1. The second-order valence-electron chi connectivity index (χ2n) is 28.9. The Hall–Kier alpha value is -15.4. The quantitative estimate of drug-likeness (QED) is 0.115. The third kappa shape index (κ3) is 12.7. The van der Waals surface area contributed by atoms with Gasteiger partial charge in [0.15, 0.2) is 34.9 Å². The van der Waals surface area contributed by atoms with E-state index in [1.165, 1.54) is 42.1 Å². The average molecular weight is 1530 g/mol. The van der Waals surface area contributed by atoms with Gasteiger partial charge in [0.25, 0.3) is 0 Å². The molecule has 0 aliphatic rings.